The summed E-state index contributed by atoms with van der Waals surface area (Å²) in [4.78, 5) is 11.0. The summed E-state index contributed by atoms with van der Waals surface area (Å²) in [5.41, 5.74) is 4.17. The van der Waals surface area contributed by atoms with Crippen LogP contribution in [0.3, 0.4) is 0 Å². The predicted octanol–water partition coefficient (Wildman–Crippen LogP) is 0.592. The van der Waals surface area contributed by atoms with Gasteiger partial charge in [-0.3, -0.25) is 4.79 Å². The zero-order valence-electron chi connectivity index (χ0n) is 7.42. The van der Waals surface area contributed by atoms with Crippen LogP contribution in [0, 0.1) is 0 Å². The highest BCUT2D eigenvalue weighted by Gasteiger charge is 2.12. The van der Waals surface area contributed by atoms with Gasteiger partial charge in [-0.25, -0.2) is 0 Å². The zero-order valence-corrected chi connectivity index (χ0v) is 7.42. The SMILES string of the molecule is CC1CCCCN1C.NC=O. The Morgan fingerprint density at radius 3 is 2.36 bits per heavy atom. The van der Waals surface area contributed by atoms with Gasteiger partial charge in [0, 0.05) is 6.04 Å². The summed E-state index contributed by atoms with van der Waals surface area (Å²) >= 11 is 0. The molecule has 3 nitrogen and oxygen atoms in total. The third kappa shape index (κ3) is 4.79. The molecule has 0 radical (unpaired) electrons. The molecule has 0 aliphatic carbocycles. The molecule has 0 aromatic heterocycles. The lowest BCUT2D eigenvalue weighted by Gasteiger charge is -2.29. The Morgan fingerprint density at radius 2 is 2.09 bits per heavy atom. The normalized spacial score (nSPS) is 25.1. The van der Waals surface area contributed by atoms with Crippen LogP contribution in [-0.2, 0) is 4.79 Å². The van der Waals surface area contributed by atoms with Gasteiger partial charge in [0.15, 0.2) is 0 Å². The maximum Gasteiger partial charge on any atom is 0.204 e. The summed E-state index contributed by atoms with van der Waals surface area (Å²) in [5.74, 6) is 0. The first kappa shape index (κ1) is 10.4. The molecule has 1 heterocycles. The van der Waals surface area contributed by atoms with Crippen LogP contribution in [0.2, 0.25) is 0 Å². The monoisotopic (exact) mass is 158 g/mol. The number of amides is 1. The number of carbonyl (C=O) groups excluding carboxylic acids is 1. The average Bonchev–Trinajstić information content (AvgIpc) is 1.97. The Hall–Kier alpha value is -0.570. The molecule has 1 rings (SSSR count). The van der Waals surface area contributed by atoms with Gasteiger partial charge >= 0.3 is 0 Å². The first-order valence-corrected chi connectivity index (χ1v) is 4.08. The van der Waals surface area contributed by atoms with Crippen molar-refractivity contribution in [1.82, 2.24) is 4.90 Å². The van der Waals surface area contributed by atoms with Crippen molar-refractivity contribution in [3.63, 3.8) is 0 Å². The van der Waals surface area contributed by atoms with E-state index in [-0.39, 0.29) is 6.41 Å². The summed E-state index contributed by atoms with van der Waals surface area (Å²) < 4.78 is 0. The number of carbonyl (C=O) groups is 1. The fourth-order valence-corrected chi connectivity index (χ4v) is 1.24. The highest BCUT2D eigenvalue weighted by atomic mass is 16.1. The third-order valence-electron chi connectivity index (χ3n) is 2.14. The van der Waals surface area contributed by atoms with Crippen LogP contribution in [-0.4, -0.2) is 30.9 Å². The number of likely N-dealkylation sites (tertiary alicyclic amines) is 1. The Labute approximate surface area is 68.6 Å². The molecule has 11 heavy (non-hydrogen) atoms. The number of hydrogen-bond acceptors (Lipinski definition) is 2. The van der Waals surface area contributed by atoms with Crippen molar-refractivity contribution in [1.29, 1.82) is 0 Å². The van der Waals surface area contributed by atoms with E-state index >= 15 is 0 Å². The van der Waals surface area contributed by atoms with Crippen LogP contribution >= 0.6 is 0 Å². The number of nitrogens with zero attached hydrogens (tertiary/aromatic N) is 1. The van der Waals surface area contributed by atoms with Crippen molar-refractivity contribution in [3.8, 4) is 0 Å². The van der Waals surface area contributed by atoms with Gasteiger partial charge in [0.25, 0.3) is 0 Å². The van der Waals surface area contributed by atoms with Crippen molar-refractivity contribution < 1.29 is 4.79 Å². The van der Waals surface area contributed by atoms with Gasteiger partial charge < -0.3 is 10.6 Å². The van der Waals surface area contributed by atoms with E-state index in [9.17, 15) is 0 Å². The van der Waals surface area contributed by atoms with Crippen molar-refractivity contribution in [2.45, 2.75) is 32.2 Å². The minimum atomic E-state index is 0.250. The number of nitrogens with two attached hydrogens (primary N) is 1. The maximum absolute atomic E-state index is 8.58. The highest BCUT2D eigenvalue weighted by Crippen LogP contribution is 2.13. The standard InChI is InChI=1S/C7H15N.CH3NO/c1-7-5-3-4-6-8(7)2;2-1-3/h7H,3-6H2,1-2H3;1H,(H2,2,3). The second-order valence-corrected chi connectivity index (χ2v) is 2.96. The first-order valence-electron chi connectivity index (χ1n) is 4.08. The molecule has 1 aliphatic heterocycles. The first-order chi connectivity index (χ1) is 5.22. The Kier molecular flexibility index (Phi) is 5.84. The molecule has 66 valence electrons. The maximum atomic E-state index is 8.58. The molecule has 1 amide bonds. The van der Waals surface area contributed by atoms with Crippen molar-refractivity contribution >= 4 is 6.41 Å². The smallest absolute Gasteiger partial charge is 0.204 e. The van der Waals surface area contributed by atoms with Crippen molar-refractivity contribution in [2.24, 2.45) is 5.73 Å². The molecule has 0 saturated carbocycles. The van der Waals surface area contributed by atoms with E-state index in [1.54, 1.807) is 0 Å². The van der Waals surface area contributed by atoms with E-state index in [4.69, 9.17) is 4.79 Å². The molecule has 0 aromatic rings. The van der Waals surface area contributed by atoms with Gasteiger partial charge in [0.2, 0.25) is 6.41 Å². The van der Waals surface area contributed by atoms with Crippen LogP contribution < -0.4 is 5.73 Å². The number of rotatable bonds is 0. The molecule has 1 saturated heterocycles. The number of primary amides is 1. The molecule has 1 atom stereocenters. The van der Waals surface area contributed by atoms with Gasteiger partial charge in [-0.05, 0) is 33.4 Å². The van der Waals surface area contributed by atoms with Crippen LogP contribution in [0.1, 0.15) is 26.2 Å². The number of piperidine rings is 1. The van der Waals surface area contributed by atoms with E-state index in [1.165, 1.54) is 25.8 Å². The quantitative estimate of drug-likeness (QED) is 0.524. The Balaban J connectivity index is 0.000000292. The van der Waals surface area contributed by atoms with Gasteiger partial charge in [-0.2, -0.15) is 0 Å². The molecule has 2 N–H and O–H groups in total. The Bertz CT molecular complexity index is 96.3. The van der Waals surface area contributed by atoms with Gasteiger partial charge in [0.05, 0.1) is 0 Å². The minimum absolute atomic E-state index is 0.250. The highest BCUT2D eigenvalue weighted by molar-refractivity contribution is 5.42. The van der Waals surface area contributed by atoms with Gasteiger partial charge in [-0.1, -0.05) is 6.42 Å². The second kappa shape index (κ2) is 6.16. The van der Waals surface area contributed by atoms with E-state index in [2.05, 4.69) is 24.6 Å². The molecular formula is C8H18N2O. The molecule has 1 unspecified atom stereocenters. The largest absolute Gasteiger partial charge is 0.372 e. The summed E-state index contributed by atoms with van der Waals surface area (Å²) in [6, 6.07) is 0.837. The lowest BCUT2D eigenvalue weighted by atomic mass is 10.1. The minimum Gasteiger partial charge on any atom is -0.372 e. The summed E-state index contributed by atoms with van der Waals surface area (Å²) in [7, 11) is 2.21. The lowest BCUT2D eigenvalue weighted by Crippen LogP contribution is -2.33. The van der Waals surface area contributed by atoms with E-state index in [1.807, 2.05) is 0 Å². The lowest BCUT2D eigenvalue weighted by molar-refractivity contribution is -0.106. The van der Waals surface area contributed by atoms with E-state index in [0.29, 0.717) is 0 Å². The molecule has 0 aromatic carbocycles. The average molecular weight is 158 g/mol. The van der Waals surface area contributed by atoms with Crippen LogP contribution in [0.15, 0.2) is 0 Å². The summed E-state index contributed by atoms with van der Waals surface area (Å²) in [6.45, 7) is 3.61. The van der Waals surface area contributed by atoms with E-state index in [0.717, 1.165) is 6.04 Å². The van der Waals surface area contributed by atoms with Crippen molar-refractivity contribution in [2.75, 3.05) is 13.6 Å². The molecule has 0 bridgehead atoms. The molecule has 1 fully saturated rings. The Morgan fingerprint density at radius 1 is 1.55 bits per heavy atom. The zero-order chi connectivity index (χ0) is 8.69. The van der Waals surface area contributed by atoms with E-state index < -0.39 is 0 Å². The molecule has 3 heteroatoms. The molecular weight excluding hydrogens is 140 g/mol. The number of hydrogen-bond donors (Lipinski definition) is 1. The summed E-state index contributed by atoms with van der Waals surface area (Å²) in [5, 5.41) is 0. The molecule has 1 aliphatic rings. The second-order valence-electron chi connectivity index (χ2n) is 2.96. The van der Waals surface area contributed by atoms with Crippen LogP contribution in [0.4, 0.5) is 0 Å². The van der Waals surface area contributed by atoms with Crippen LogP contribution in [0.5, 0.6) is 0 Å². The van der Waals surface area contributed by atoms with Gasteiger partial charge in [-0.15, -0.1) is 0 Å². The summed E-state index contributed by atoms with van der Waals surface area (Å²) in [6.07, 6.45) is 4.49. The predicted molar refractivity (Wildman–Crippen MR) is 46.2 cm³/mol. The molecule has 0 spiro atoms. The fourth-order valence-electron chi connectivity index (χ4n) is 1.24. The van der Waals surface area contributed by atoms with Crippen LogP contribution in [0.25, 0.3) is 0 Å². The third-order valence-corrected chi connectivity index (χ3v) is 2.14. The van der Waals surface area contributed by atoms with Gasteiger partial charge in [0.1, 0.15) is 0 Å². The fraction of sp³-hybridized carbons (Fsp3) is 0.875. The van der Waals surface area contributed by atoms with Crippen molar-refractivity contribution in [3.05, 3.63) is 0 Å². The topological polar surface area (TPSA) is 46.3 Å².